The molecule has 0 radical (unpaired) electrons. The number of nitrogens with one attached hydrogen (secondary N) is 1. The van der Waals surface area contributed by atoms with Crippen molar-refractivity contribution in [2.45, 2.75) is 17.9 Å². The van der Waals surface area contributed by atoms with Gasteiger partial charge in [-0.05, 0) is 37.4 Å². The number of ether oxygens (including phenoxy) is 1. The van der Waals surface area contributed by atoms with Gasteiger partial charge in [-0.25, -0.2) is 13.6 Å². The number of benzene rings is 2. The zero-order chi connectivity index (χ0) is 20.1. The van der Waals surface area contributed by atoms with Crippen molar-refractivity contribution in [1.82, 2.24) is 0 Å². The molecular weight excluding hydrogens is 382 g/mol. The molecule has 0 aliphatic rings. The molecule has 10 heteroatoms. The van der Waals surface area contributed by atoms with Gasteiger partial charge in [0.2, 0.25) is 0 Å². The van der Waals surface area contributed by atoms with Crippen molar-refractivity contribution in [3.63, 3.8) is 0 Å². The lowest BCUT2D eigenvalue weighted by atomic mass is 10.2. The van der Waals surface area contributed by atoms with Crippen LogP contribution in [0.5, 0.6) is 0 Å². The molecule has 1 amide bonds. The molecule has 0 aliphatic carbocycles. The topological polar surface area (TPSA) is 98.5 Å². The molecule has 0 saturated heterocycles. The summed E-state index contributed by atoms with van der Waals surface area (Å²) >= 11 is 1.15. The van der Waals surface area contributed by atoms with Gasteiger partial charge in [-0.1, -0.05) is 0 Å². The maximum absolute atomic E-state index is 13.6. The van der Waals surface area contributed by atoms with Crippen LogP contribution in [0, 0.1) is 21.7 Å². The van der Waals surface area contributed by atoms with Gasteiger partial charge in [0.1, 0.15) is 11.6 Å². The Balaban J connectivity index is 2.09. The van der Waals surface area contributed by atoms with Crippen molar-refractivity contribution in [3.8, 4) is 0 Å². The highest BCUT2D eigenvalue weighted by atomic mass is 32.2. The van der Waals surface area contributed by atoms with Gasteiger partial charge in [0, 0.05) is 12.1 Å². The molecule has 27 heavy (non-hydrogen) atoms. The van der Waals surface area contributed by atoms with Gasteiger partial charge in [0.25, 0.3) is 11.6 Å². The molecule has 7 nitrogen and oxygen atoms in total. The van der Waals surface area contributed by atoms with Crippen molar-refractivity contribution >= 4 is 35.0 Å². The second kappa shape index (κ2) is 8.58. The number of esters is 1. The van der Waals surface area contributed by atoms with Crippen LogP contribution in [0.25, 0.3) is 0 Å². The summed E-state index contributed by atoms with van der Waals surface area (Å²) in [6.07, 6.45) is 0.336. The van der Waals surface area contributed by atoms with Crippen molar-refractivity contribution in [1.29, 1.82) is 0 Å². The number of halogens is 2. The quantitative estimate of drug-likeness (QED) is 0.345. The number of nitrogens with zero attached hydrogens (tertiary/aromatic N) is 1. The minimum atomic E-state index is -1.32. The Labute approximate surface area is 156 Å². The van der Waals surface area contributed by atoms with E-state index < -0.39 is 34.5 Å². The van der Waals surface area contributed by atoms with Crippen LogP contribution in [0.15, 0.2) is 41.3 Å². The number of hydrogen-bond donors (Lipinski definition) is 1. The van der Waals surface area contributed by atoms with Crippen LogP contribution in [0.3, 0.4) is 0 Å². The summed E-state index contributed by atoms with van der Waals surface area (Å²) in [7, 11) is 0. The minimum Gasteiger partial charge on any atom is -0.449 e. The summed E-state index contributed by atoms with van der Waals surface area (Å²) in [5.74, 6) is -3.58. The minimum absolute atomic E-state index is 0.105. The predicted octanol–water partition coefficient (Wildman–Crippen LogP) is 3.78. The Bertz CT molecular complexity index is 907. The van der Waals surface area contributed by atoms with E-state index in [0.717, 1.165) is 30.0 Å². The molecule has 2 rings (SSSR count). The van der Waals surface area contributed by atoms with E-state index in [0.29, 0.717) is 11.0 Å². The van der Waals surface area contributed by atoms with Gasteiger partial charge < -0.3 is 10.1 Å². The second-order valence-corrected chi connectivity index (χ2v) is 6.15. The maximum atomic E-state index is 13.6. The first-order valence-electron chi connectivity index (χ1n) is 7.52. The number of rotatable bonds is 6. The molecule has 0 aliphatic heterocycles. The molecule has 0 bridgehead atoms. The highest BCUT2D eigenvalue weighted by Gasteiger charge is 2.23. The Kier molecular flexibility index (Phi) is 6.45. The van der Waals surface area contributed by atoms with E-state index in [1.165, 1.54) is 19.1 Å². The van der Waals surface area contributed by atoms with Crippen LogP contribution in [0.4, 0.5) is 20.2 Å². The molecule has 1 atom stereocenters. The number of anilines is 1. The average Bonchev–Trinajstić information content (AvgIpc) is 2.63. The third-order valence-corrected chi connectivity index (χ3v) is 4.24. The van der Waals surface area contributed by atoms with Crippen LogP contribution >= 0.6 is 11.8 Å². The molecule has 0 heterocycles. The molecule has 142 valence electrons. The van der Waals surface area contributed by atoms with Crippen molar-refractivity contribution in [3.05, 3.63) is 63.7 Å². The van der Waals surface area contributed by atoms with Gasteiger partial charge in [0.15, 0.2) is 6.10 Å². The lowest BCUT2D eigenvalue weighted by Crippen LogP contribution is -2.30. The van der Waals surface area contributed by atoms with Gasteiger partial charge in [0.05, 0.1) is 21.1 Å². The first-order chi connectivity index (χ1) is 12.7. The SMILES string of the molecule is CSc1ccc(C(=O)O[C@H](C)C(=O)Nc2ccc(F)cc2F)cc1[N+](=O)[O-]. The third kappa shape index (κ3) is 5.00. The monoisotopic (exact) mass is 396 g/mol. The van der Waals surface area contributed by atoms with E-state index in [2.05, 4.69) is 5.32 Å². The fourth-order valence-electron chi connectivity index (χ4n) is 2.07. The van der Waals surface area contributed by atoms with E-state index >= 15 is 0 Å². The summed E-state index contributed by atoms with van der Waals surface area (Å²) in [5.41, 5.74) is -0.640. The molecule has 1 N–H and O–H groups in total. The first kappa shape index (κ1) is 20.3. The van der Waals surface area contributed by atoms with E-state index in [9.17, 15) is 28.5 Å². The lowest BCUT2D eigenvalue weighted by molar-refractivity contribution is -0.387. The molecular formula is C17H14F2N2O5S. The number of carbonyl (C=O) groups is 2. The van der Waals surface area contributed by atoms with Crippen LogP contribution in [0.1, 0.15) is 17.3 Å². The van der Waals surface area contributed by atoms with E-state index in [4.69, 9.17) is 4.74 Å². The van der Waals surface area contributed by atoms with Crippen LogP contribution in [-0.4, -0.2) is 29.2 Å². The van der Waals surface area contributed by atoms with Gasteiger partial charge in [-0.2, -0.15) is 0 Å². The zero-order valence-corrected chi connectivity index (χ0v) is 15.0. The normalized spacial score (nSPS) is 11.6. The fourth-order valence-corrected chi connectivity index (χ4v) is 2.61. The number of nitro benzene ring substituents is 1. The van der Waals surface area contributed by atoms with Gasteiger partial charge in [-0.3, -0.25) is 14.9 Å². The Morgan fingerprint density at radius 2 is 1.93 bits per heavy atom. The summed E-state index contributed by atoms with van der Waals surface area (Å²) in [6.45, 7) is 1.25. The first-order valence-corrected chi connectivity index (χ1v) is 8.74. The van der Waals surface area contributed by atoms with Crippen LogP contribution in [-0.2, 0) is 9.53 Å². The number of carbonyl (C=O) groups excluding carboxylic acids is 2. The van der Waals surface area contributed by atoms with Crippen molar-refractivity contribution < 1.29 is 28.0 Å². The van der Waals surface area contributed by atoms with Gasteiger partial charge in [-0.15, -0.1) is 11.8 Å². The molecule has 2 aromatic rings. The fraction of sp³-hybridized carbons (Fsp3) is 0.176. The van der Waals surface area contributed by atoms with E-state index in [-0.39, 0.29) is 16.9 Å². The summed E-state index contributed by atoms with van der Waals surface area (Å²) < 4.78 is 31.4. The molecule has 2 aromatic carbocycles. The predicted molar refractivity (Wildman–Crippen MR) is 94.7 cm³/mol. The van der Waals surface area contributed by atoms with Crippen LogP contribution < -0.4 is 5.32 Å². The molecule has 0 fully saturated rings. The Morgan fingerprint density at radius 1 is 1.22 bits per heavy atom. The largest absolute Gasteiger partial charge is 0.449 e. The lowest BCUT2D eigenvalue weighted by Gasteiger charge is -2.14. The molecule has 0 saturated carbocycles. The Morgan fingerprint density at radius 3 is 2.52 bits per heavy atom. The molecule has 0 spiro atoms. The highest BCUT2D eigenvalue weighted by molar-refractivity contribution is 7.98. The second-order valence-electron chi connectivity index (χ2n) is 5.30. The van der Waals surface area contributed by atoms with Gasteiger partial charge >= 0.3 is 5.97 Å². The Hall–Kier alpha value is -3.01. The smallest absolute Gasteiger partial charge is 0.339 e. The van der Waals surface area contributed by atoms with E-state index in [1.807, 2.05) is 0 Å². The summed E-state index contributed by atoms with van der Waals surface area (Å²) in [5, 5.41) is 13.2. The number of hydrogen-bond acceptors (Lipinski definition) is 6. The summed E-state index contributed by atoms with van der Waals surface area (Å²) in [4.78, 5) is 35.0. The third-order valence-electron chi connectivity index (χ3n) is 3.45. The van der Waals surface area contributed by atoms with Crippen LogP contribution in [0.2, 0.25) is 0 Å². The molecule has 0 aromatic heterocycles. The molecule has 0 unspecified atom stereocenters. The van der Waals surface area contributed by atoms with Crippen molar-refractivity contribution in [2.75, 3.05) is 11.6 Å². The summed E-state index contributed by atoms with van der Waals surface area (Å²) in [6, 6.07) is 6.38. The van der Waals surface area contributed by atoms with Crippen molar-refractivity contribution in [2.24, 2.45) is 0 Å². The maximum Gasteiger partial charge on any atom is 0.339 e. The zero-order valence-electron chi connectivity index (χ0n) is 14.2. The van der Waals surface area contributed by atoms with E-state index in [1.54, 1.807) is 6.26 Å². The standard InChI is InChI=1S/C17H14F2N2O5S/c1-9(16(22)20-13-5-4-11(18)8-12(13)19)26-17(23)10-3-6-15(27-2)14(7-10)21(24)25/h3-9H,1-2H3,(H,20,22)/t9-/m1/s1. The number of amides is 1. The number of thioether (sulfide) groups is 1. The average molecular weight is 396 g/mol. The number of nitro groups is 1. The highest BCUT2D eigenvalue weighted by Crippen LogP contribution is 2.28.